The summed E-state index contributed by atoms with van der Waals surface area (Å²) >= 11 is 3.65. The quantitative estimate of drug-likeness (QED) is 0.0907. The highest BCUT2D eigenvalue weighted by Gasteiger charge is 2.11. The minimum absolute atomic E-state index is 0.346. The Bertz CT molecular complexity index is 1090. The van der Waals surface area contributed by atoms with Crippen LogP contribution in [-0.2, 0) is 6.42 Å². The van der Waals surface area contributed by atoms with Crippen molar-refractivity contribution in [1.82, 2.24) is 0 Å². The van der Waals surface area contributed by atoms with Gasteiger partial charge in [-0.3, -0.25) is 0 Å². The molecule has 0 bridgehead atoms. The third-order valence-corrected chi connectivity index (χ3v) is 7.60. The number of carbonyl (C=O) groups is 1. The Kier molecular flexibility index (Phi) is 13.5. The molecule has 0 aliphatic carbocycles. The van der Waals surface area contributed by atoms with Crippen LogP contribution in [0.5, 0.6) is 11.5 Å². The summed E-state index contributed by atoms with van der Waals surface area (Å²) in [6, 6.07) is 21.6. The molecule has 0 aliphatic rings. The van der Waals surface area contributed by atoms with Gasteiger partial charge >= 0.3 is 5.97 Å². The van der Waals surface area contributed by atoms with Gasteiger partial charge in [0.2, 0.25) is 0 Å². The van der Waals surface area contributed by atoms with Crippen LogP contribution >= 0.6 is 15.9 Å². The normalized spacial score (nSPS) is 10.9. The summed E-state index contributed by atoms with van der Waals surface area (Å²) in [5.41, 5.74) is 3.96. The van der Waals surface area contributed by atoms with E-state index in [4.69, 9.17) is 9.47 Å². The first kappa shape index (κ1) is 30.0. The lowest BCUT2D eigenvalue weighted by molar-refractivity contribution is 0.0734. The van der Waals surface area contributed by atoms with Crippen molar-refractivity contribution in [2.24, 2.45) is 0 Å². The number of hydrogen-bond donors (Lipinski definition) is 0. The Hall–Kier alpha value is -2.59. The lowest BCUT2D eigenvalue weighted by Gasteiger charge is -2.09. The van der Waals surface area contributed by atoms with Crippen LogP contribution in [0.25, 0.3) is 11.1 Å². The van der Waals surface area contributed by atoms with Crippen molar-refractivity contribution in [3.63, 3.8) is 0 Å². The van der Waals surface area contributed by atoms with Gasteiger partial charge in [-0.15, -0.1) is 0 Å². The molecule has 0 heterocycles. The van der Waals surface area contributed by atoms with E-state index in [1.807, 2.05) is 54.6 Å². The lowest BCUT2D eigenvalue weighted by Crippen LogP contribution is -2.08. The standard InChI is InChI=1S/C34H43BrO3/c1-3-5-7-9-10-11-12-14-29-15-16-30(26-33(29)35)34(36)38-32-23-19-28(20-24-32)27-17-21-31(22-18-27)37-25-13-8-6-4-2/h15-24,26H,3-14,25H2,1-2H3. The molecule has 0 radical (unpaired) electrons. The molecular formula is C34H43BrO3. The number of hydrogen-bond acceptors (Lipinski definition) is 3. The number of ether oxygens (including phenoxy) is 2. The van der Waals surface area contributed by atoms with E-state index in [-0.39, 0.29) is 5.97 Å². The highest BCUT2D eigenvalue weighted by Crippen LogP contribution is 2.26. The second-order valence-corrected chi connectivity index (χ2v) is 10.9. The largest absolute Gasteiger partial charge is 0.494 e. The van der Waals surface area contributed by atoms with Crippen molar-refractivity contribution in [3.05, 3.63) is 82.3 Å². The molecule has 3 rings (SSSR count). The van der Waals surface area contributed by atoms with Crippen LogP contribution in [0, 0.1) is 0 Å². The van der Waals surface area contributed by atoms with Crippen LogP contribution in [-0.4, -0.2) is 12.6 Å². The highest BCUT2D eigenvalue weighted by molar-refractivity contribution is 9.10. The molecule has 0 N–H and O–H groups in total. The third kappa shape index (κ3) is 10.3. The maximum atomic E-state index is 12.7. The van der Waals surface area contributed by atoms with Gasteiger partial charge in [-0.05, 0) is 72.4 Å². The molecule has 0 aliphatic heterocycles. The molecule has 0 atom stereocenters. The summed E-state index contributed by atoms with van der Waals surface area (Å²) in [5, 5.41) is 0. The average Bonchev–Trinajstić information content (AvgIpc) is 2.94. The molecule has 0 saturated heterocycles. The van der Waals surface area contributed by atoms with Gasteiger partial charge < -0.3 is 9.47 Å². The maximum absolute atomic E-state index is 12.7. The predicted octanol–water partition coefficient (Wildman–Crippen LogP) is 10.6. The molecule has 3 aromatic rings. The van der Waals surface area contributed by atoms with Gasteiger partial charge in [0.05, 0.1) is 12.2 Å². The fourth-order valence-electron chi connectivity index (χ4n) is 4.49. The number of benzene rings is 3. The summed E-state index contributed by atoms with van der Waals surface area (Å²) < 4.78 is 12.5. The second kappa shape index (κ2) is 17.1. The lowest BCUT2D eigenvalue weighted by atomic mass is 10.0. The predicted molar refractivity (Wildman–Crippen MR) is 162 cm³/mol. The highest BCUT2D eigenvalue weighted by atomic mass is 79.9. The van der Waals surface area contributed by atoms with Gasteiger partial charge in [0, 0.05) is 4.47 Å². The van der Waals surface area contributed by atoms with E-state index >= 15 is 0 Å². The second-order valence-electron chi connectivity index (χ2n) is 10.0. The van der Waals surface area contributed by atoms with Crippen LogP contribution in [0.2, 0.25) is 0 Å². The van der Waals surface area contributed by atoms with Crippen LogP contribution in [0.4, 0.5) is 0 Å². The van der Waals surface area contributed by atoms with Crippen LogP contribution in [0.3, 0.4) is 0 Å². The molecule has 0 unspecified atom stereocenters. The van der Waals surface area contributed by atoms with Gasteiger partial charge in [0.1, 0.15) is 11.5 Å². The molecule has 0 spiro atoms. The number of unbranched alkanes of at least 4 members (excludes halogenated alkanes) is 9. The monoisotopic (exact) mass is 578 g/mol. The van der Waals surface area contributed by atoms with E-state index in [1.54, 1.807) is 0 Å². The number of halogens is 1. The average molecular weight is 580 g/mol. The SMILES string of the molecule is CCCCCCCCCc1ccc(C(=O)Oc2ccc(-c3ccc(OCCCCCC)cc3)cc2)cc1Br. The van der Waals surface area contributed by atoms with E-state index in [1.165, 1.54) is 69.8 Å². The number of esters is 1. The Balaban J connectivity index is 1.46. The smallest absolute Gasteiger partial charge is 0.343 e. The molecule has 0 saturated carbocycles. The first-order valence-corrected chi connectivity index (χ1v) is 15.2. The summed E-state index contributed by atoms with van der Waals surface area (Å²) in [4.78, 5) is 12.7. The van der Waals surface area contributed by atoms with Crippen molar-refractivity contribution in [3.8, 4) is 22.6 Å². The Morgan fingerprint density at radius 1 is 0.658 bits per heavy atom. The van der Waals surface area contributed by atoms with Crippen LogP contribution in [0.1, 0.15) is 100 Å². The molecule has 3 aromatic carbocycles. The minimum Gasteiger partial charge on any atom is -0.494 e. The zero-order valence-corrected chi connectivity index (χ0v) is 24.7. The molecule has 0 fully saturated rings. The van der Waals surface area contributed by atoms with Crippen LogP contribution < -0.4 is 9.47 Å². The van der Waals surface area contributed by atoms with Gasteiger partial charge in [-0.25, -0.2) is 4.79 Å². The number of carbonyl (C=O) groups excluding carboxylic acids is 1. The van der Waals surface area contributed by atoms with E-state index in [0.29, 0.717) is 11.3 Å². The van der Waals surface area contributed by atoms with Crippen molar-refractivity contribution in [2.75, 3.05) is 6.61 Å². The van der Waals surface area contributed by atoms with Crippen molar-refractivity contribution >= 4 is 21.9 Å². The van der Waals surface area contributed by atoms with Gasteiger partial charge in [0.15, 0.2) is 0 Å². The maximum Gasteiger partial charge on any atom is 0.343 e. The third-order valence-electron chi connectivity index (χ3n) is 6.86. The van der Waals surface area contributed by atoms with E-state index in [0.717, 1.165) is 40.8 Å². The van der Waals surface area contributed by atoms with Gasteiger partial charge in [-0.1, -0.05) is 118 Å². The van der Waals surface area contributed by atoms with E-state index < -0.39 is 0 Å². The molecular weight excluding hydrogens is 536 g/mol. The molecule has 0 aromatic heterocycles. The zero-order valence-electron chi connectivity index (χ0n) is 23.1. The summed E-state index contributed by atoms with van der Waals surface area (Å²) in [6.45, 7) is 5.23. The van der Waals surface area contributed by atoms with Crippen molar-refractivity contribution in [1.29, 1.82) is 0 Å². The summed E-state index contributed by atoms with van der Waals surface area (Å²) in [6.07, 6.45) is 14.9. The molecule has 0 amide bonds. The van der Waals surface area contributed by atoms with Gasteiger partial charge in [-0.2, -0.15) is 0 Å². The minimum atomic E-state index is -0.346. The van der Waals surface area contributed by atoms with E-state index in [9.17, 15) is 4.79 Å². The molecule has 4 heteroatoms. The number of rotatable bonds is 17. The molecule has 3 nitrogen and oxygen atoms in total. The first-order valence-electron chi connectivity index (χ1n) is 14.4. The fourth-order valence-corrected chi connectivity index (χ4v) is 5.07. The van der Waals surface area contributed by atoms with E-state index in [2.05, 4.69) is 41.9 Å². The van der Waals surface area contributed by atoms with Gasteiger partial charge in [0.25, 0.3) is 0 Å². The molecule has 38 heavy (non-hydrogen) atoms. The topological polar surface area (TPSA) is 35.5 Å². The summed E-state index contributed by atoms with van der Waals surface area (Å²) in [7, 11) is 0. The number of aryl methyl sites for hydroxylation is 1. The van der Waals surface area contributed by atoms with Crippen molar-refractivity contribution < 1.29 is 14.3 Å². The molecule has 204 valence electrons. The Labute approximate surface area is 238 Å². The summed E-state index contributed by atoms with van der Waals surface area (Å²) in [5.74, 6) is 1.09. The Morgan fingerprint density at radius 2 is 1.21 bits per heavy atom. The zero-order chi connectivity index (χ0) is 27.0. The Morgan fingerprint density at radius 3 is 1.82 bits per heavy atom. The van der Waals surface area contributed by atoms with Crippen LogP contribution in [0.15, 0.2) is 71.2 Å². The first-order chi connectivity index (χ1) is 18.6. The fraction of sp³-hybridized carbons (Fsp3) is 0.441. The van der Waals surface area contributed by atoms with Crippen molar-refractivity contribution in [2.45, 2.75) is 90.9 Å².